The number of alkyl halides is 3. The summed E-state index contributed by atoms with van der Waals surface area (Å²) in [5.74, 6) is -1.53. The Balaban J connectivity index is 0.00000400. The van der Waals surface area contributed by atoms with Gasteiger partial charge in [-0.25, -0.2) is 4.39 Å². The van der Waals surface area contributed by atoms with Crippen LogP contribution in [0.4, 0.5) is 23.2 Å². The number of nitrogens with one attached hydrogen (secondary N) is 2. The normalized spacial score (nSPS) is 10.7. The van der Waals surface area contributed by atoms with E-state index in [4.69, 9.17) is 0 Å². The first-order valence-electron chi connectivity index (χ1n) is 5.75. The van der Waals surface area contributed by atoms with Gasteiger partial charge in [-0.15, -0.1) is 12.4 Å². The van der Waals surface area contributed by atoms with Gasteiger partial charge in [-0.3, -0.25) is 4.79 Å². The maximum absolute atomic E-state index is 13.0. The molecule has 9 heteroatoms. The van der Waals surface area contributed by atoms with Crippen molar-refractivity contribution in [2.75, 3.05) is 25.5 Å². The molecule has 0 aromatic heterocycles. The molecule has 0 saturated heterocycles. The average Bonchev–Trinajstić information content (AvgIpc) is 2.35. The van der Waals surface area contributed by atoms with E-state index in [0.717, 1.165) is 18.2 Å². The number of benzene rings is 1. The van der Waals surface area contributed by atoms with Crippen molar-refractivity contribution in [1.29, 1.82) is 0 Å². The molecule has 0 unspecified atom stereocenters. The van der Waals surface area contributed by atoms with Gasteiger partial charge >= 0.3 is 6.18 Å². The summed E-state index contributed by atoms with van der Waals surface area (Å²) in [5, 5.41) is 5.12. The molecule has 0 saturated carbocycles. The standard InChI is InChI=1S/C12H14F4N2O2.ClH/c1-17-5-4-11(19)18-9-3-2-8(13)6-10(9)20-7-12(14,15)16;/h2-3,6,17H,4-5,7H2,1H3,(H,18,19);1H. The van der Waals surface area contributed by atoms with Crippen molar-refractivity contribution in [3.63, 3.8) is 0 Å². The largest absolute Gasteiger partial charge is 0.482 e. The van der Waals surface area contributed by atoms with Crippen LogP contribution in [0.1, 0.15) is 6.42 Å². The monoisotopic (exact) mass is 330 g/mol. The van der Waals surface area contributed by atoms with E-state index in [9.17, 15) is 22.4 Å². The quantitative estimate of drug-likeness (QED) is 0.789. The van der Waals surface area contributed by atoms with E-state index in [1.165, 1.54) is 0 Å². The third-order valence-corrected chi connectivity index (χ3v) is 2.21. The highest BCUT2D eigenvalue weighted by Crippen LogP contribution is 2.27. The van der Waals surface area contributed by atoms with Crippen LogP contribution in [0.15, 0.2) is 18.2 Å². The van der Waals surface area contributed by atoms with Crippen LogP contribution in [0.3, 0.4) is 0 Å². The lowest BCUT2D eigenvalue weighted by molar-refractivity contribution is -0.153. The lowest BCUT2D eigenvalue weighted by Crippen LogP contribution is -2.21. The van der Waals surface area contributed by atoms with Crippen LogP contribution >= 0.6 is 12.4 Å². The highest BCUT2D eigenvalue weighted by Gasteiger charge is 2.29. The molecule has 4 nitrogen and oxygen atoms in total. The minimum absolute atomic E-state index is 0. The molecule has 1 rings (SSSR count). The van der Waals surface area contributed by atoms with Gasteiger partial charge in [-0.2, -0.15) is 13.2 Å². The van der Waals surface area contributed by atoms with E-state index < -0.39 is 24.5 Å². The zero-order valence-corrected chi connectivity index (χ0v) is 11.9. The Bertz CT molecular complexity index is 469. The van der Waals surface area contributed by atoms with Crippen LogP contribution < -0.4 is 15.4 Å². The van der Waals surface area contributed by atoms with E-state index in [1.807, 2.05) is 0 Å². The fourth-order valence-electron chi connectivity index (χ4n) is 1.33. The zero-order valence-electron chi connectivity index (χ0n) is 11.1. The van der Waals surface area contributed by atoms with Gasteiger partial charge in [0.2, 0.25) is 5.91 Å². The summed E-state index contributed by atoms with van der Waals surface area (Å²) in [4.78, 5) is 11.5. The second kappa shape index (κ2) is 8.68. The number of halogens is 5. The number of hydrogen-bond acceptors (Lipinski definition) is 3. The summed E-state index contributed by atoms with van der Waals surface area (Å²) < 4.78 is 53.8. The van der Waals surface area contributed by atoms with Gasteiger partial charge in [0.15, 0.2) is 6.61 Å². The van der Waals surface area contributed by atoms with Gasteiger partial charge in [0.1, 0.15) is 11.6 Å². The Morgan fingerprint density at radius 2 is 2.00 bits per heavy atom. The van der Waals surface area contributed by atoms with Crippen LogP contribution in [0.5, 0.6) is 5.75 Å². The molecule has 0 radical (unpaired) electrons. The lowest BCUT2D eigenvalue weighted by Gasteiger charge is -2.14. The van der Waals surface area contributed by atoms with Gasteiger partial charge in [0.25, 0.3) is 0 Å². The predicted octanol–water partition coefficient (Wildman–Crippen LogP) is 2.74. The second-order valence-corrected chi connectivity index (χ2v) is 3.95. The highest BCUT2D eigenvalue weighted by molar-refractivity contribution is 5.92. The Hall–Kier alpha value is -1.54. The fourth-order valence-corrected chi connectivity index (χ4v) is 1.33. The molecule has 1 aromatic rings. The van der Waals surface area contributed by atoms with Crippen LogP contribution in [0.2, 0.25) is 0 Å². The molecule has 1 aromatic carbocycles. The van der Waals surface area contributed by atoms with Gasteiger partial charge in [-0.1, -0.05) is 0 Å². The summed E-state index contributed by atoms with van der Waals surface area (Å²) in [6.07, 6.45) is -4.41. The summed E-state index contributed by atoms with van der Waals surface area (Å²) in [6.45, 7) is -1.15. The number of hydrogen-bond donors (Lipinski definition) is 2. The number of carbonyl (C=O) groups excluding carboxylic acids is 1. The Morgan fingerprint density at radius 3 is 2.57 bits per heavy atom. The molecule has 0 atom stereocenters. The summed E-state index contributed by atoms with van der Waals surface area (Å²) in [6, 6.07) is 2.96. The third kappa shape index (κ3) is 7.72. The average molecular weight is 331 g/mol. The van der Waals surface area contributed by atoms with Gasteiger partial charge in [0.05, 0.1) is 5.69 Å². The number of amides is 1. The van der Waals surface area contributed by atoms with Gasteiger partial charge in [-0.05, 0) is 19.2 Å². The molecule has 0 spiro atoms. The first-order valence-corrected chi connectivity index (χ1v) is 5.75. The van der Waals surface area contributed by atoms with Gasteiger partial charge < -0.3 is 15.4 Å². The van der Waals surface area contributed by atoms with Crippen molar-refractivity contribution >= 4 is 24.0 Å². The second-order valence-electron chi connectivity index (χ2n) is 3.95. The maximum Gasteiger partial charge on any atom is 0.422 e. The molecular formula is C12H15ClF4N2O2. The topological polar surface area (TPSA) is 50.4 Å². The predicted molar refractivity (Wildman–Crippen MR) is 72.4 cm³/mol. The number of ether oxygens (including phenoxy) is 1. The van der Waals surface area contributed by atoms with Crippen molar-refractivity contribution in [2.24, 2.45) is 0 Å². The summed E-state index contributed by atoms with van der Waals surface area (Å²) in [5.41, 5.74) is -0.00301. The number of anilines is 1. The summed E-state index contributed by atoms with van der Waals surface area (Å²) in [7, 11) is 1.66. The van der Waals surface area contributed by atoms with E-state index in [-0.39, 0.29) is 30.3 Å². The van der Waals surface area contributed by atoms with E-state index in [1.54, 1.807) is 7.05 Å². The molecule has 0 aliphatic rings. The number of rotatable bonds is 6. The van der Waals surface area contributed by atoms with Crippen molar-refractivity contribution in [1.82, 2.24) is 5.32 Å². The minimum atomic E-state index is -4.54. The smallest absolute Gasteiger partial charge is 0.422 e. The Labute approximate surface area is 125 Å². The maximum atomic E-state index is 13.0. The fraction of sp³-hybridized carbons (Fsp3) is 0.417. The van der Waals surface area contributed by atoms with E-state index >= 15 is 0 Å². The van der Waals surface area contributed by atoms with Crippen molar-refractivity contribution < 1.29 is 27.1 Å². The molecule has 21 heavy (non-hydrogen) atoms. The van der Waals surface area contributed by atoms with Crippen molar-refractivity contribution in [2.45, 2.75) is 12.6 Å². The van der Waals surface area contributed by atoms with Gasteiger partial charge in [0, 0.05) is 19.0 Å². The zero-order chi connectivity index (χ0) is 15.2. The van der Waals surface area contributed by atoms with E-state index in [0.29, 0.717) is 6.54 Å². The number of carbonyl (C=O) groups is 1. The molecule has 0 aliphatic carbocycles. The molecule has 0 bridgehead atoms. The van der Waals surface area contributed by atoms with Crippen LogP contribution in [-0.4, -0.2) is 32.3 Å². The van der Waals surface area contributed by atoms with Crippen LogP contribution in [-0.2, 0) is 4.79 Å². The molecule has 1 amide bonds. The summed E-state index contributed by atoms with van der Waals surface area (Å²) >= 11 is 0. The highest BCUT2D eigenvalue weighted by atomic mass is 35.5. The SMILES string of the molecule is CNCCC(=O)Nc1ccc(F)cc1OCC(F)(F)F.Cl. The van der Waals surface area contributed by atoms with E-state index in [2.05, 4.69) is 15.4 Å². The van der Waals surface area contributed by atoms with Crippen molar-refractivity contribution in [3.8, 4) is 5.75 Å². The molecule has 0 fully saturated rings. The Kier molecular flexibility index (Phi) is 8.05. The molecule has 0 heterocycles. The van der Waals surface area contributed by atoms with Crippen LogP contribution in [0, 0.1) is 5.82 Å². The van der Waals surface area contributed by atoms with Crippen molar-refractivity contribution in [3.05, 3.63) is 24.0 Å². The third-order valence-electron chi connectivity index (χ3n) is 2.21. The minimum Gasteiger partial charge on any atom is -0.482 e. The molecule has 2 N–H and O–H groups in total. The first-order chi connectivity index (χ1) is 9.31. The first kappa shape index (κ1) is 19.5. The Morgan fingerprint density at radius 1 is 1.33 bits per heavy atom. The van der Waals surface area contributed by atoms with Crippen LogP contribution in [0.25, 0.3) is 0 Å². The molecular weight excluding hydrogens is 316 g/mol. The molecule has 120 valence electrons. The molecule has 0 aliphatic heterocycles. The lowest BCUT2D eigenvalue weighted by atomic mass is 10.2.